The molecule has 2 unspecified atom stereocenters. The number of hydrogen-bond acceptors (Lipinski definition) is 10. The number of nitrogens with one attached hydrogen (secondary N) is 2. The lowest BCUT2D eigenvalue weighted by Crippen LogP contribution is -2.59. The van der Waals surface area contributed by atoms with Gasteiger partial charge in [0.2, 0.25) is 17.7 Å². The standard InChI is InChI=1S/C44H49N7O5S/c1-26(28-10-16-31(17-11-28)40-27(2)45-25-57-40)47-42(55)37-19-34(52)23-51(37)43(56)41(44(3,4)5)48-39(54)24-50-21-33(22-50)30-14-12-29(13-15-30)32-18-36(49-46-20-32)35-8-6-7-9-38(35)53/h6-18,20,25-26,33-34,37,41,52-53H,19,21-24H2,1-5H3,(H,47,55)(H,48,54)/t26?,34-,37+,41?/m1/s1. The van der Waals surface area contributed by atoms with Crippen LogP contribution in [0.25, 0.3) is 32.8 Å². The van der Waals surface area contributed by atoms with E-state index in [4.69, 9.17) is 0 Å². The van der Waals surface area contributed by atoms with Gasteiger partial charge in [0, 0.05) is 43.1 Å². The number of thiazole rings is 1. The largest absolute Gasteiger partial charge is 0.507 e. The lowest BCUT2D eigenvalue weighted by Gasteiger charge is -2.40. The molecule has 2 fully saturated rings. The molecule has 0 aliphatic carbocycles. The summed E-state index contributed by atoms with van der Waals surface area (Å²) in [4.78, 5) is 50.2. The van der Waals surface area contributed by atoms with E-state index < -0.39 is 23.6 Å². The van der Waals surface area contributed by atoms with Crippen molar-refractivity contribution in [1.29, 1.82) is 0 Å². The maximum atomic E-state index is 14.1. The van der Waals surface area contributed by atoms with Crippen molar-refractivity contribution in [3.05, 3.63) is 107 Å². The lowest BCUT2D eigenvalue weighted by atomic mass is 9.85. The summed E-state index contributed by atoms with van der Waals surface area (Å²) in [7, 11) is 0. The molecular formula is C44H49N7O5S. The van der Waals surface area contributed by atoms with Gasteiger partial charge in [-0.15, -0.1) is 11.3 Å². The van der Waals surface area contributed by atoms with E-state index in [9.17, 15) is 24.6 Å². The van der Waals surface area contributed by atoms with E-state index in [0.29, 0.717) is 24.3 Å². The van der Waals surface area contributed by atoms with E-state index in [0.717, 1.165) is 38.4 Å². The third-order valence-corrected chi connectivity index (χ3v) is 11.9. The third kappa shape index (κ3) is 8.90. The van der Waals surface area contributed by atoms with Crippen LogP contribution in [0, 0.1) is 12.3 Å². The number of carbonyl (C=O) groups is 3. The fraction of sp³-hybridized carbons (Fsp3) is 0.364. The summed E-state index contributed by atoms with van der Waals surface area (Å²) in [6.45, 7) is 11.1. The Morgan fingerprint density at radius 3 is 2.30 bits per heavy atom. The number of phenolic OH excluding ortho intramolecular Hbond substituents is 1. The molecule has 12 nitrogen and oxygen atoms in total. The van der Waals surface area contributed by atoms with E-state index in [-0.39, 0.29) is 54.9 Å². The van der Waals surface area contributed by atoms with Crippen molar-refractivity contribution >= 4 is 29.1 Å². The number of para-hydroxylation sites is 1. The minimum Gasteiger partial charge on any atom is -0.507 e. The molecule has 0 radical (unpaired) electrons. The van der Waals surface area contributed by atoms with Gasteiger partial charge in [0.05, 0.1) is 46.7 Å². The number of phenols is 1. The van der Waals surface area contributed by atoms with Gasteiger partial charge in [-0.05, 0) is 59.7 Å². The second-order valence-electron chi connectivity index (χ2n) is 16.2. The van der Waals surface area contributed by atoms with Crippen molar-refractivity contribution in [2.75, 3.05) is 26.2 Å². The highest BCUT2D eigenvalue weighted by Crippen LogP contribution is 2.33. The van der Waals surface area contributed by atoms with Crippen LogP contribution >= 0.6 is 11.3 Å². The zero-order valence-corrected chi connectivity index (χ0v) is 33.7. The van der Waals surface area contributed by atoms with Crippen molar-refractivity contribution in [2.24, 2.45) is 5.41 Å². The average Bonchev–Trinajstić information content (AvgIpc) is 3.80. The highest BCUT2D eigenvalue weighted by molar-refractivity contribution is 7.13. The molecule has 3 amide bonds. The van der Waals surface area contributed by atoms with Crippen LogP contribution in [0.2, 0.25) is 0 Å². The van der Waals surface area contributed by atoms with Gasteiger partial charge < -0.3 is 25.7 Å². The first-order valence-electron chi connectivity index (χ1n) is 19.3. The first-order chi connectivity index (χ1) is 27.2. The zero-order chi connectivity index (χ0) is 40.4. The Balaban J connectivity index is 0.931. The summed E-state index contributed by atoms with van der Waals surface area (Å²) < 4.78 is 0. The number of benzene rings is 3. The number of aliphatic hydroxyl groups is 1. The van der Waals surface area contributed by atoms with Crippen LogP contribution in [-0.2, 0) is 14.4 Å². The van der Waals surface area contributed by atoms with Crippen molar-refractivity contribution in [1.82, 2.24) is 35.6 Å². The Labute approximate surface area is 337 Å². The number of nitrogens with zero attached hydrogens (tertiary/aromatic N) is 5. The average molecular weight is 788 g/mol. The van der Waals surface area contributed by atoms with Crippen molar-refractivity contribution in [3.63, 3.8) is 0 Å². The quantitative estimate of drug-likeness (QED) is 0.131. The lowest BCUT2D eigenvalue weighted by molar-refractivity contribution is -0.144. The molecule has 13 heteroatoms. The van der Waals surface area contributed by atoms with Gasteiger partial charge in [-0.25, -0.2) is 4.98 Å². The van der Waals surface area contributed by atoms with Crippen molar-refractivity contribution in [3.8, 4) is 38.6 Å². The number of aromatic hydroxyl groups is 1. The number of amides is 3. The molecule has 5 aromatic rings. The molecule has 57 heavy (non-hydrogen) atoms. The maximum Gasteiger partial charge on any atom is 0.246 e. The molecule has 2 aromatic heterocycles. The SMILES string of the molecule is Cc1ncsc1-c1ccc(C(C)NC(=O)[C@@H]2C[C@@H](O)CN2C(=O)C(NC(=O)CN2CC(c3ccc(-c4cnnc(-c5ccccc5O)c4)cc3)C2)C(C)(C)C)cc1. The van der Waals surface area contributed by atoms with Gasteiger partial charge >= 0.3 is 0 Å². The summed E-state index contributed by atoms with van der Waals surface area (Å²) >= 11 is 1.58. The van der Waals surface area contributed by atoms with Gasteiger partial charge in [-0.1, -0.05) is 81.4 Å². The highest BCUT2D eigenvalue weighted by atomic mass is 32.1. The predicted octanol–water partition coefficient (Wildman–Crippen LogP) is 5.72. The Hall–Kier alpha value is -5.50. The molecule has 2 aliphatic heterocycles. The number of rotatable bonds is 11. The van der Waals surface area contributed by atoms with Crippen LogP contribution in [0.4, 0.5) is 0 Å². The van der Waals surface area contributed by atoms with E-state index in [1.54, 1.807) is 35.7 Å². The molecular weight excluding hydrogens is 739 g/mol. The molecule has 4 N–H and O–H groups in total. The first kappa shape index (κ1) is 39.7. The number of hydrogen-bond donors (Lipinski definition) is 4. The van der Waals surface area contributed by atoms with Gasteiger partial charge in [-0.2, -0.15) is 10.2 Å². The Morgan fingerprint density at radius 2 is 1.63 bits per heavy atom. The molecule has 4 atom stereocenters. The second-order valence-corrected chi connectivity index (χ2v) is 17.1. The van der Waals surface area contributed by atoms with Crippen LogP contribution in [-0.4, -0.2) is 97.3 Å². The predicted molar refractivity (Wildman–Crippen MR) is 220 cm³/mol. The summed E-state index contributed by atoms with van der Waals surface area (Å²) in [5, 5.41) is 35.3. The number of aryl methyl sites for hydroxylation is 1. The molecule has 0 bridgehead atoms. The third-order valence-electron chi connectivity index (χ3n) is 10.9. The minimum absolute atomic E-state index is 0.0126. The Bertz CT molecular complexity index is 2230. The van der Waals surface area contributed by atoms with Gasteiger partial charge in [0.25, 0.3) is 0 Å². The van der Waals surface area contributed by atoms with E-state index in [1.807, 2.05) is 93.6 Å². The topological polar surface area (TPSA) is 161 Å². The smallest absolute Gasteiger partial charge is 0.246 e. The van der Waals surface area contributed by atoms with Gasteiger partial charge in [0.15, 0.2) is 0 Å². The summed E-state index contributed by atoms with van der Waals surface area (Å²) in [5.74, 6) is -0.595. The number of aromatic nitrogens is 3. The summed E-state index contributed by atoms with van der Waals surface area (Å²) in [5.41, 5.74) is 8.35. The summed E-state index contributed by atoms with van der Waals surface area (Å²) in [6, 6.07) is 23.1. The molecule has 0 spiro atoms. The zero-order valence-electron chi connectivity index (χ0n) is 32.8. The van der Waals surface area contributed by atoms with E-state index in [2.05, 4.69) is 37.9 Å². The number of likely N-dealkylation sites (tertiary alicyclic amines) is 2. The Morgan fingerprint density at radius 1 is 0.930 bits per heavy atom. The van der Waals surface area contributed by atoms with Crippen molar-refractivity contribution < 1.29 is 24.6 Å². The van der Waals surface area contributed by atoms with Gasteiger partial charge in [0.1, 0.15) is 17.8 Å². The van der Waals surface area contributed by atoms with Crippen LogP contribution in [0.5, 0.6) is 5.75 Å². The number of aliphatic hydroxyl groups excluding tert-OH is 1. The molecule has 2 saturated heterocycles. The first-order valence-corrected chi connectivity index (χ1v) is 20.2. The molecule has 296 valence electrons. The number of β-amino-alcohol motifs (C(OH)–C–C–N with tert-alkyl or cyclic N) is 1. The van der Waals surface area contributed by atoms with Crippen LogP contribution in [0.15, 0.2) is 90.6 Å². The van der Waals surface area contributed by atoms with Crippen LogP contribution in [0.1, 0.15) is 62.9 Å². The maximum absolute atomic E-state index is 14.1. The molecule has 3 aromatic carbocycles. The van der Waals surface area contributed by atoms with Crippen LogP contribution in [0.3, 0.4) is 0 Å². The van der Waals surface area contributed by atoms with E-state index >= 15 is 0 Å². The Kier molecular flexibility index (Phi) is 11.5. The van der Waals surface area contributed by atoms with Gasteiger partial charge in [-0.3, -0.25) is 19.3 Å². The molecule has 2 aliphatic rings. The van der Waals surface area contributed by atoms with Crippen LogP contribution < -0.4 is 10.6 Å². The molecule has 0 saturated carbocycles. The van der Waals surface area contributed by atoms with Crippen molar-refractivity contribution in [2.45, 2.75) is 71.2 Å². The molecule has 7 rings (SSSR count). The summed E-state index contributed by atoms with van der Waals surface area (Å²) in [6.07, 6.45) is 0.965. The fourth-order valence-corrected chi connectivity index (χ4v) is 8.44. The highest BCUT2D eigenvalue weighted by Gasteiger charge is 2.45. The van der Waals surface area contributed by atoms with E-state index in [1.165, 1.54) is 4.90 Å². The monoisotopic (exact) mass is 787 g/mol. The minimum atomic E-state index is -0.899. The number of carbonyl (C=O) groups excluding carboxylic acids is 3. The fourth-order valence-electron chi connectivity index (χ4n) is 7.63. The normalized spacial score (nSPS) is 18.5. The molecule has 4 heterocycles. The second kappa shape index (κ2) is 16.5.